The van der Waals surface area contributed by atoms with Gasteiger partial charge in [0.15, 0.2) is 5.60 Å². The van der Waals surface area contributed by atoms with Crippen molar-refractivity contribution in [2.45, 2.75) is 26.4 Å². The number of aryl methyl sites for hydroxylation is 1. The van der Waals surface area contributed by atoms with Crippen LogP contribution < -0.4 is 20.1 Å². The van der Waals surface area contributed by atoms with Gasteiger partial charge in [0.1, 0.15) is 18.1 Å². The predicted octanol–water partition coefficient (Wildman–Crippen LogP) is 3.16. The molecule has 0 aliphatic carbocycles. The SMILES string of the molecule is Cc1ccc(OCCN2C(=O)C(C)(C)Oc3ccc(N)cc32)cc1. The molecule has 1 aliphatic rings. The van der Waals surface area contributed by atoms with E-state index in [1.54, 1.807) is 36.9 Å². The molecule has 3 rings (SSSR count). The quantitative estimate of drug-likeness (QED) is 0.877. The molecule has 0 atom stereocenters. The lowest BCUT2D eigenvalue weighted by atomic mass is 10.0. The van der Waals surface area contributed by atoms with Crippen molar-refractivity contribution < 1.29 is 14.3 Å². The maximum Gasteiger partial charge on any atom is 0.270 e. The number of anilines is 2. The van der Waals surface area contributed by atoms with Crippen LogP contribution in [0.4, 0.5) is 11.4 Å². The normalized spacial score (nSPS) is 15.6. The Balaban J connectivity index is 1.77. The molecule has 126 valence electrons. The van der Waals surface area contributed by atoms with Crippen LogP contribution in [0.3, 0.4) is 0 Å². The van der Waals surface area contributed by atoms with Gasteiger partial charge in [-0.1, -0.05) is 17.7 Å². The minimum Gasteiger partial charge on any atom is -0.492 e. The van der Waals surface area contributed by atoms with Crippen molar-refractivity contribution in [3.63, 3.8) is 0 Å². The van der Waals surface area contributed by atoms with E-state index in [4.69, 9.17) is 15.2 Å². The van der Waals surface area contributed by atoms with E-state index >= 15 is 0 Å². The van der Waals surface area contributed by atoms with Crippen LogP contribution >= 0.6 is 0 Å². The molecule has 2 aromatic rings. The van der Waals surface area contributed by atoms with Gasteiger partial charge >= 0.3 is 0 Å². The molecule has 5 heteroatoms. The Labute approximate surface area is 142 Å². The number of amides is 1. The first-order chi connectivity index (χ1) is 11.4. The molecule has 0 saturated heterocycles. The van der Waals surface area contributed by atoms with Crippen LogP contribution in [0.5, 0.6) is 11.5 Å². The average molecular weight is 326 g/mol. The highest BCUT2D eigenvalue weighted by atomic mass is 16.5. The minimum absolute atomic E-state index is 0.104. The van der Waals surface area contributed by atoms with Gasteiger partial charge in [0.2, 0.25) is 0 Å². The molecule has 0 spiro atoms. The van der Waals surface area contributed by atoms with Gasteiger partial charge in [0, 0.05) is 5.69 Å². The Morgan fingerprint density at radius 3 is 2.58 bits per heavy atom. The third kappa shape index (κ3) is 3.15. The zero-order chi connectivity index (χ0) is 17.3. The second-order valence-electron chi connectivity index (χ2n) is 6.46. The third-order valence-corrected chi connectivity index (χ3v) is 4.00. The van der Waals surface area contributed by atoms with Crippen LogP contribution in [-0.2, 0) is 4.79 Å². The summed E-state index contributed by atoms with van der Waals surface area (Å²) in [4.78, 5) is 14.4. The second-order valence-corrected chi connectivity index (χ2v) is 6.46. The van der Waals surface area contributed by atoms with Gasteiger partial charge in [-0.15, -0.1) is 0 Å². The lowest BCUT2D eigenvalue weighted by Crippen LogP contribution is -2.53. The molecule has 2 aromatic carbocycles. The number of fused-ring (bicyclic) bond motifs is 1. The first-order valence-electron chi connectivity index (χ1n) is 7.97. The number of hydrogen-bond donors (Lipinski definition) is 1. The fraction of sp³-hybridized carbons (Fsp3) is 0.316. The molecule has 0 unspecified atom stereocenters. The summed E-state index contributed by atoms with van der Waals surface area (Å²) in [5.41, 5.74) is 7.41. The van der Waals surface area contributed by atoms with Crippen LogP contribution in [0.1, 0.15) is 19.4 Å². The maximum absolute atomic E-state index is 12.7. The van der Waals surface area contributed by atoms with Crippen molar-refractivity contribution in [1.29, 1.82) is 0 Å². The van der Waals surface area contributed by atoms with E-state index in [1.165, 1.54) is 5.56 Å². The molecule has 1 amide bonds. The summed E-state index contributed by atoms with van der Waals surface area (Å²) in [6, 6.07) is 13.2. The lowest BCUT2D eigenvalue weighted by molar-refractivity contribution is -0.132. The average Bonchev–Trinajstić information content (AvgIpc) is 2.53. The van der Waals surface area contributed by atoms with Crippen LogP contribution in [-0.4, -0.2) is 24.7 Å². The number of nitrogens with two attached hydrogens (primary N) is 1. The van der Waals surface area contributed by atoms with E-state index in [2.05, 4.69) is 0 Å². The summed E-state index contributed by atoms with van der Waals surface area (Å²) in [7, 11) is 0. The Bertz CT molecular complexity index is 754. The highest BCUT2D eigenvalue weighted by Crippen LogP contribution is 2.38. The van der Waals surface area contributed by atoms with Crippen molar-refractivity contribution in [3.05, 3.63) is 48.0 Å². The van der Waals surface area contributed by atoms with Gasteiger partial charge in [0.05, 0.1) is 12.2 Å². The monoisotopic (exact) mass is 326 g/mol. The number of hydrogen-bond acceptors (Lipinski definition) is 4. The van der Waals surface area contributed by atoms with Crippen molar-refractivity contribution in [3.8, 4) is 11.5 Å². The highest BCUT2D eigenvalue weighted by molar-refractivity contribution is 6.02. The smallest absolute Gasteiger partial charge is 0.270 e. The topological polar surface area (TPSA) is 64.8 Å². The first kappa shape index (κ1) is 16.2. The largest absolute Gasteiger partial charge is 0.492 e. The number of benzene rings is 2. The summed E-state index contributed by atoms with van der Waals surface area (Å²) >= 11 is 0. The Kier molecular flexibility index (Phi) is 4.09. The van der Waals surface area contributed by atoms with Gasteiger partial charge in [-0.2, -0.15) is 0 Å². The predicted molar refractivity (Wildman–Crippen MR) is 94.6 cm³/mol. The standard InChI is InChI=1S/C19H22N2O3/c1-13-4-7-15(8-5-13)23-11-10-21-16-12-14(20)6-9-17(16)24-19(2,3)18(21)22/h4-9,12H,10-11,20H2,1-3H3. The Morgan fingerprint density at radius 2 is 1.88 bits per heavy atom. The highest BCUT2D eigenvalue weighted by Gasteiger charge is 2.40. The number of carbonyl (C=O) groups excluding carboxylic acids is 1. The summed E-state index contributed by atoms with van der Waals surface area (Å²) in [5, 5.41) is 0. The lowest BCUT2D eigenvalue weighted by Gasteiger charge is -2.38. The van der Waals surface area contributed by atoms with Gasteiger partial charge in [0.25, 0.3) is 5.91 Å². The number of carbonyl (C=O) groups is 1. The van der Waals surface area contributed by atoms with E-state index in [1.807, 2.05) is 31.2 Å². The van der Waals surface area contributed by atoms with E-state index in [9.17, 15) is 4.79 Å². The summed E-state index contributed by atoms with van der Waals surface area (Å²) in [6.07, 6.45) is 0. The molecular weight excluding hydrogens is 304 g/mol. The molecule has 0 saturated carbocycles. The van der Waals surface area contributed by atoms with Gasteiger partial charge in [-0.25, -0.2) is 0 Å². The van der Waals surface area contributed by atoms with E-state index in [0.717, 1.165) is 5.75 Å². The molecule has 5 nitrogen and oxygen atoms in total. The summed E-state index contributed by atoms with van der Waals surface area (Å²) in [6.45, 7) is 6.37. The molecule has 0 radical (unpaired) electrons. The van der Waals surface area contributed by atoms with Gasteiger partial charge in [-0.3, -0.25) is 4.79 Å². The number of ether oxygens (including phenoxy) is 2. The van der Waals surface area contributed by atoms with Crippen molar-refractivity contribution in [2.75, 3.05) is 23.8 Å². The Hall–Kier alpha value is -2.69. The third-order valence-electron chi connectivity index (χ3n) is 4.00. The summed E-state index contributed by atoms with van der Waals surface area (Å²) < 4.78 is 11.6. The summed E-state index contributed by atoms with van der Waals surface area (Å²) in [5.74, 6) is 1.34. The molecule has 0 fully saturated rings. The second kappa shape index (κ2) is 6.07. The molecule has 2 N–H and O–H groups in total. The molecule has 1 heterocycles. The molecular formula is C19H22N2O3. The zero-order valence-electron chi connectivity index (χ0n) is 14.2. The Morgan fingerprint density at radius 1 is 1.17 bits per heavy atom. The zero-order valence-corrected chi connectivity index (χ0v) is 14.2. The molecule has 0 bridgehead atoms. The van der Waals surface area contributed by atoms with Crippen LogP contribution in [0, 0.1) is 6.92 Å². The van der Waals surface area contributed by atoms with Crippen LogP contribution in [0.15, 0.2) is 42.5 Å². The number of nitrogens with zero attached hydrogens (tertiary/aromatic N) is 1. The van der Waals surface area contributed by atoms with E-state index < -0.39 is 5.60 Å². The van der Waals surface area contributed by atoms with E-state index in [-0.39, 0.29) is 5.91 Å². The molecule has 24 heavy (non-hydrogen) atoms. The number of rotatable bonds is 4. The van der Waals surface area contributed by atoms with E-state index in [0.29, 0.717) is 30.3 Å². The van der Waals surface area contributed by atoms with Crippen LogP contribution in [0.2, 0.25) is 0 Å². The molecule has 1 aliphatic heterocycles. The fourth-order valence-corrected chi connectivity index (χ4v) is 2.70. The maximum atomic E-state index is 12.7. The molecule has 0 aromatic heterocycles. The van der Waals surface area contributed by atoms with Crippen molar-refractivity contribution in [2.24, 2.45) is 0 Å². The van der Waals surface area contributed by atoms with Gasteiger partial charge < -0.3 is 20.1 Å². The first-order valence-corrected chi connectivity index (χ1v) is 7.97. The van der Waals surface area contributed by atoms with Gasteiger partial charge in [-0.05, 0) is 51.1 Å². The van der Waals surface area contributed by atoms with Crippen molar-refractivity contribution >= 4 is 17.3 Å². The number of nitrogen functional groups attached to an aromatic ring is 1. The van der Waals surface area contributed by atoms with Crippen molar-refractivity contribution in [1.82, 2.24) is 0 Å². The fourth-order valence-electron chi connectivity index (χ4n) is 2.70. The van der Waals surface area contributed by atoms with Crippen LogP contribution in [0.25, 0.3) is 0 Å². The minimum atomic E-state index is -0.910.